The molecule has 0 atom stereocenters. The molecule has 0 saturated heterocycles. The highest BCUT2D eigenvalue weighted by molar-refractivity contribution is 6.32. The summed E-state index contributed by atoms with van der Waals surface area (Å²) in [5.41, 5.74) is 2.17. The number of aromatic hydroxyl groups is 1. The SMILES string of the molecule is ONCc1ccc(F)c(Cl)c1O. The summed E-state index contributed by atoms with van der Waals surface area (Å²) in [4.78, 5) is 0. The first-order valence-electron chi connectivity index (χ1n) is 3.19. The van der Waals surface area contributed by atoms with Crippen LogP contribution in [0.15, 0.2) is 12.1 Å². The minimum absolute atomic E-state index is 0.0197. The molecule has 0 spiro atoms. The first-order valence-corrected chi connectivity index (χ1v) is 3.57. The summed E-state index contributed by atoms with van der Waals surface area (Å²) >= 11 is 5.38. The van der Waals surface area contributed by atoms with Crippen LogP contribution in [-0.2, 0) is 6.54 Å². The van der Waals surface area contributed by atoms with Crippen LogP contribution in [0.25, 0.3) is 0 Å². The van der Waals surface area contributed by atoms with E-state index in [-0.39, 0.29) is 17.3 Å². The molecule has 0 aliphatic carbocycles. The van der Waals surface area contributed by atoms with Gasteiger partial charge >= 0.3 is 0 Å². The smallest absolute Gasteiger partial charge is 0.145 e. The van der Waals surface area contributed by atoms with Crippen LogP contribution in [0.2, 0.25) is 5.02 Å². The lowest BCUT2D eigenvalue weighted by Crippen LogP contribution is -2.06. The molecule has 5 heteroatoms. The van der Waals surface area contributed by atoms with Gasteiger partial charge in [-0.25, -0.2) is 9.87 Å². The number of hydrogen-bond donors (Lipinski definition) is 3. The lowest BCUT2D eigenvalue weighted by atomic mass is 10.2. The highest BCUT2D eigenvalue weighted by Crippen LogP contribution is 2.29. The van der Waals surface area contributed by atoms with Gasteiger partial charge in [0.05, 0.1) is 0 Å². The Morgan fingerprint density at radius 1 is 1.50 bits per heavy atom. The second-order valence-electron chi connectivity index (χ2n) is 2.20. The van der Waals surface area contributed by atoms with Gasteiger partial charge in [0.25, 0.3) is 0 Å². The van der Waals surface area contributed by atoms with E-state index in [1.54, 1.807) is 0 Å². The zero-order valence-electron chi connectivity index (χ0n) is 6.01. The Morgan fingerprint density at radius 3 is 2.75 bits per heavy atom. The molecule has 12 heavy (non-hydrogen) atoms. The molecule has 1 aromatic rings. The molecular formula is C7H7ClFNO2. The van der Waals surface area contributed by atoms with E-state index in [0.29, 0.717) is 5.56 Å². The molecule has 1 rings (SSSR count). The fourth-order valence-electron chi connectivity index (χ4n) is 0.808. The summed E-state index contributed by atoms with van der Waals surface area (Å²) < 4.78 is 12.6. The van der Waals surface area contributed by atoms with Crippen molar-refractivity contribution in [1.29, 1.82) is 0 Å². The monoisotopic (exact) mass is 191 g/mol. The summed E-state index contributed by atoms with van der Waals surface area (Å²) in [5, 5.41) is 17.2. The van der Waals surface area contributed by atoms with Gasteiger partial charge in [0.2, 0.25) is 0 Å². The van der Waals surface area contributed by atoms with Crippen molar-refractivity contribution in [3.63, 3.8) is 0 Å². The molecule has 0 radical (unpaired) electrons. The third kappa shape index (κ3) is 1.66. The van der Waals surface area contributed by atoms with Crippen LogP contribution in [0.3, 0.4) is 0 Å². The van der Waals surface area contributed by atoms with Crippen molar-refractivity contribution >= 4 is 11.6 Å². The van der Waals surface area contributed by atoms with E-state index in [2.05, 4.69) is 0 Å². The van der Waals surface area contributed by atoms with Gasteiger partial charge in [-0.2, -0.15) is 0 Å². The Morgan fingerprint density at radius 2 is 2.17 bits per heavy atom. The molecule has 0 fully saturated rings. The van der Waals surface area contributed by atoms with E-state index >= 15 is 0 Å². The molecule has 0 amide bonds. The van der Waals surface area contributed by atoms with Crippen LogP contribution in [0, 0.1) is 5.82 Å². The van der Waals surface area contributed by atoms with Crippen molar-refractivity contribution in [2.75, 3.05) is 0 Å². The van der Waals surface area contributed by atoms with E-state index in [1.165, 1.54) is 6.07 Å². The normalized spacial score (nSPS) is 10.2. The number of hydroxylamine groups is 1. The van der Waals surface area contributed by atoms with E-state index in [4.69, 9.17) is 16.8 Å². The maximum Gasteiger partial charge on any atom is 0.145 e. The van der Waals surface area contributed by atoms with Crippen LogP contribution >= 0.6 is 11.6 Å². The second-order valence-corrected chi connectivity index (χ2v) is 2.58. The van der Waals surface area contributed by atoms with E-state index < -0.39 is 5.82 Å². The third-order valence-corrected chi connectivity index (χ3v) is 1.78. The molecule has 0 aromatic heterocycles. The molecule has 0 aliphatic rings. The largest absolute Gasteiger partial charge is 0.506 e. The van der Waals surface area contributed by atoms with Gasteiger partial charge in [0.1, 0.15) is 16.6 Å². The standard InChI is InChI=1S/C7H7ClFNO2/c8-6-5(9)2-1-4(3-10-12)7(6)11/h1-2,10-12H,3H2. The van der Waals surface area contributed by atoms with Crippen molar-refractivity contribution in [3.05, 3.63) is 28.5 Å². The first-order chi connectivity index (χ1) is 5.66. The van der Waals surface area contributed by atoms with E-state index in [0.717, 1.165) is 6.07 Å². The second kappa shape index (κ2) is 3.71. The Bertz CT molecular complexity index is 293. The van der Waals surface area contributed by atoms with Crippen LogP contribution in [0.4, 0.5) is 4.39 Å². The van der Waals surface area contributed by atoms with Gasteiger partial charge in [0.15, 0.2) is 0 Å². The number of hydrogen-bond acceptors (Lipinski definition) is 3. The zero-order chi connectivity index (χ0) is 9.14. The van der Waals surface area contributed by atoms with Gasteiger partial charge in [-0.1, -0.05) is 17.7 Å². The van der Waals surface area contributed by atoms with Crippen molar-refractivity contribution in [1.82, 2.24) is 5.48 Å². The number of nitrogens with one attached hydrogen (secondary N) is 1. The Balaban J connectivity index is 3.08. The molecular weight excluding hydrogens is 185 g/mol. The van der Waals surface area contributed by atoms with Gasteiger partial charge in [0, 0.05) is 12.1 Å². The summed E-state index contributed by atoms with van der Waals surface area (Å²) in [5.74, 6) is -1.03. The lowest BCUT2D eigenvalue weighted by Gasteiger charge is -2.04. The molecule has 0 heterocycles. The Hall–Kier alpha value is -0.840. The maximum absolute atomic E-state index is 12.6. The zero-order valence-corrected chi connectivity index (χ0v) is 6.77. The fourth-order valence-corrected chi connectivity index (χ4v) is 0.992. The summed E-state index contributed by atoms with van der Waals surface area (Å²) in [7, 11) is 0. The number of phenols is 1. The average Bonchev–Trinajstić information content (AvgIpc) is 2.07. The minimum Gasteiger partial charge on any atom is -0.506 e. The van der Waals surface area contributed by atoms with Gasteiger partial charge in [-0.15, -0.1) is 0 Å². The highest BCUT2D eigenvalue weighted by atomic mass is 35.5. The lowest BCUT2D eigenvalue weighted by molar-refractivity contribution is 0.160. The third-order valence-electron chi connectivity index (χ3n) is 1.42. The predicted molar refractivity (Wildman–Crippen MR) is 41.7 cm³/mol. The van der Waals surface area contributed by atoms with Gasteiger partial charge in [-0.05, 0) is 6.07 Å². The summed E-state index contributed by atoms with van der Waals surface area (Å²) in [6.45, 7) is 0.0197. The molecule has 3 nitrogen and oxygen atoms in total. The van der Waals surface area contributed by atoms with Crippen molar-refractivity contribution in [2.45, 2.75) is 6.54 Å². The number of phenolic OH excluding ortho intramolecular Hbond substituents is 1. The van der Waals surface area contributed by atoms with Gasteiger partial charge < -0.3 is 10.3 Å². The fraction of sp³-hybridized carbons (Fsp3) is 0.143. The number of benzene rings is 1. The number of halogens is 2. The molecule has 3 N–H and O–H groups in total. The minimum atomic E-state index is -0.684. The maximum atomic E-state index is 12.6. The van der Waals surface area contributed by atoms with Crippen LogP contribution in [0.1, 0.15) is 5.56 Å². The van der Waals surface area contributed by atoms with Crippen molar-refractivity contribution in [3.8, 4) is 5.75 Å². The molecule has 0 saturated carbocycles. The van der Waals surface area contributed by atoms with Crippen LogP contribution in [0.5, 0.6) is 5.75 Å². The topological polar surface area (TPSA) is 52.5 Å². The van der Waals surface area contributed by atoms with E-state index in [9.17, 15) is 9.50 Å². The van der Waals surface area contributed by atoms with Crippen LogP contribution < -0.4 is 5.48 Å². The Labute approximate surface area is 73.4 Å². The first kappa shape index (κ1) is 9.25. The molecule has 0 unspecified atom stereocenters. The van der Waals surface area contributed by atoms with Crippen molar-refractivity contribution in [2.24, 2.45) is 0 Å². The van der Waals surface area contributed by atoms with Gasteiger partial charge in [-0.3, -0.25) is 0 Å². The molecule has 66 valence electrons. The van der Waals surface area contributed by atoms with Crippen molar-refractivity contribution < 1.29 is 14.7 Å². The predicted octanol–water partition coefficient (Wildman–Crippen LogP) is 1.66. The molecule has 0 bridgehead atoms. The van der Waals surface area contributed by atoms with Crippen LogP contribution in [-0.4, -0.2) is 10.3 Å². The summed E-state index contributed by atoms with van der Waals surface area (Å²) in [6.07, 6.45) is 0. The number of rotatable bonds is 2. The molecule has 1 aromatic carbocycles. The summed E-state index contributed by atoms with van der Waals surface area (Å²) in [6, 6.07) is 2.45. The highest BCUT2D eigenvalue weighted by Gasteiger charge is 2.09. The Kier molecular flexibility index (Phi) is 2.86. The molecule has 0 aliphatic heterocycles. The quantitative estimate of drug-likeness (QED) is 0.624. The van der Waals surface area contributed by atoms with E-state index in [1.807, 2.05) is 5.48 Å². The average molecular weight is 192 g/mol.